The first kappa shape index (κ1) is 5.39. The van der Waals surface area contributed by atoms with Gasteiger partial charge in [-0.15, -0.1) is 0 Å². The van der Waals surface area contributed by atoms with Crippen molar-refractivity contribution in [1.82, 2.24) is 0 Å². The molecule has 0 spiro atoms. The highest BCUT2D eigenvalue weighted by molar-refractivity contribution is 5.03. The fourth-order valence-electron chi connectivity index (χ4n) is 1.74. The summed E-state index contributed by atoms with van der Waals surface area (Å²) in [4.78, 5) is 0. The smallest absolute Gasteiger partial charge is 0.0809 e. The van der Waals surface area contributed by atoms with Crippen LogP contribution in [0.5, 0.6) is 0 Å². The van der Waals surface area contributed by atoms with Gasteiger partial charge in [0.05, 0.1) is 11.6 Å². The molecule has 0 amide bonds. The van der Waals surface area contributed by atoms with Crippen LogP contribution in [0.2, 0.25) is 0 Å². The molecule has 0 saturated heterocycles. The lowest BCUT2D eigenvalue weighted by Crippen LogP contribution is -2.39. The van der Waals surface area contributed by atoms with E-state index in [0.717, 1.165) is 5.92 Å². The lowest BCUT2D eigenvalue weighted by atomic mass is 9.71. The highest BCUT2D eigenvalue weighted by atomic mass is 15.2. The van der Waals surface area contributed by atoms with Gasteiger partial charge in [-0.25, -0.2) is 0 Å². The number of fused-ring (bicyclic) bond motifs is 1. The predicted molar refractivity (Wildman–Crippen MR) is 35.4 cm³/mol. The summed E-state index contributed by atoms with van der Waals surface area (Å²) in [5, 5.41) is 8.40. The molecule has 0 aromatic rings. The summed E-state index contributed by atoms with van der Waals surface area (Å²) in [6.07, 6.45) is 2.61. The van der Waals surface area contributed by atoms with E-state index < -0.39 is 0 Å². The van der Waals surface area contributed by atoms with Crippen LogP contribution in [-0.4, -0.2) is 11.6 Å². The van der Waals surface area contributed by atoms with E-state index in [1.165, 1.54) is 12.8 Å². The van der Waals surface area contributed by atoms with Gasteiger partial charge in [0.25, 0.3) is 0 Å². The maximum absolute atomic E-state index is 4.22. The number of hydrogen-bond donors (Lipinski definition) is 0. The monoisotopic (exact) mass is 124 g/mol. The Kier molecular flexibility index (Phi) is 0.815. The van der Waals surface area contributed by atoms with Gasteiger partial charge in [0.1, 0.15) is 0 Å². The van der Waals surface area contributed by atoms with E-state index in [1.807, 2.05) is 0 Å². The molecular weight excluding hydrogens is 112 g/mol. The lowest BCUT2D eigenvalue weighted by molar-refractivity contribution is 0.208. The Morgan fingerprint density at radius 3 is 2.33 bits per heavy atom. The van der Waals surface area contributed by atoms with E-state index in [1.54, 1.807) is 0 Å². The quantitative estimate of drug-likeness (QED) is 0.472. The maximum Gasteiger partial charge on any atom is 0.0809 e. The summed E-state index contributed by atoms with van der Waals surface area (Å²) < 4.78 is 0. The van der Waals surface area contributed by atoms with Crippen LogP contribution in [0.25, 0.3) is 0 Å². The Balaban J connectivity index is 2.22. The van der Waals surface area contributed by atoms with Crippen molar-refractivity contribution < 1.29 is 0 Å². The minimum absolute atomic E-state index is 0.170. The molecule has 1 fully saturated rings. The molecule has 1 aliphatic heterocycles. The van der Waals surface area contributed by atoms with Crippen LogP contribution in [0.1, 0.15) is 26.7 Å². The Labute approximate surface area is 55.4 Å². The van der Waals surface area contributed by atoms with Crippen LogP contribution < -0.4 is 0 Å². The molecule has 0 aromatic carbocycles. The van der Waals surface area contributed by atoms with Crippen molar-refractivity contribution in [2.45, 2.75) is 38.3 Å². The molecule has 50 valence electrons. The molecule has 9 heavy (non-hydrogen) atoms. The van der Waals surface area contributed by atoms with E-state index in [2.05, 4.69) is 24.1 Å². The van der Waals surface area contributed by atoms with E-state index in [4.69, 9.17) is 0 Å². The van der Waals surface area contributed by atoms with Crippen molar-refractivity contribution >= 4 is 0 Å². The molecule has 2 atom stereocenters. The summed E-state index contributed by atoms with van der Waals surface area (Å²) in [6, 6.07) is 0.597. The summed E-state index contributed by atoms with van der Waals surface area (Å²) >= 11 is 0. The van der Waals surface area contributed by atoms with Crippen LogP contribution in [0, 0.1) is 5.92 Å². The number of nitrogens with zero attached hydrogens (tertiary/aromatic N) is 2. The zero-order valence-electron chi connectivity index (χ0n) is 5.96. The molecule has 2 nitrogen and oxygen atoms in total. The largest absolute Gasteiger partial charge is 0.190 e. The first-order valence-corrected chi connectivity index (χ1v) is 3.62. The third-order valence-electron chi connectivity index (χ3n) is 2.61. The summed E-state index contributed by atoms with van der Waals surface area (Å²) in [5.41, 5.74) is 0.170. The van der Waals surface area contributed by atoms with Crippen molar-refractivity contribution in [3.63, 3.8) is 0 Å². The number of rotatable bonds is 0. The number of azo groups is 1. The molecule has 0 N–H and O–H groups in total. The van der Waals surface area contributed by atoms with E-state index >= 15 is 0 Å². The molecule has 1 heterocycles. The minimum atomic E-state index is 0.170. The topological polar surface area (TPSA) is 24.7 Å². The molecule has 2 unspecified atom stereocenters. The Morgan fingerprint density at radius 1 is 1.33 bits per heavy atom. The zero-order valence-corrected chi connectivity index (χ0v) is 5.96. The number of hydrogen-bond acceptors (Lipinski definition) is 2. The predicted octanol–water partition coefficient (Wildman–Crippen LogP) is 2.01. The normalized spacial score (nSPS) is 44.2. The third-order valence-corrected chi connectivity index (χ3v) is 2.61. The van der Waals surface area contributed by atoms with Crippen molar-refractivity contribution in [2.75, 3.05) is 0 Å². The second-order valence-electron chi connectivity index (χ2n) is 3.62. The standard InChI is InChI=1S/C7H12N2/c1-7(2)5-3-4-6(5)8-9-7/h5-6H,3-4H2,1-2H3. The van der Waals surface area contributed by atoms with Gasteiger partial charge in [0.2, 0.25) is 0 Å². The highest BCUT2D eigenvalue weighted by Gasteiger charge is 2.46. The maximum atomic E-state index is 4.22. The van der Waals surface area contributed by atoms with Crippen molar-refractivity contribution in [3.05, 3.63) is 0 Å². The van der Waals surface area contributed by atoms with E-state index in [9.17, 15) is 0 Å². The lowest BCUT2D eigenvalue weighted by Gasteiger charge is -2.34. The minimum Gasteiger partial charge on any atom is -0.190 e. The van der Waals surface area contributed by atoms with Gasteiger partial charge in [0.15, 0.2) is 0 Å². The van der Waals surface area contributed by atoms with Crippen molar-refractivity contribution in [3.8, 4) is 0 Å². The van der Waals surface area contributed by atoms with Gasteiger partial charge >= 0.3 is 0 Å². The zero-order chi connectivity index (χ0) is 6.48. The molecule has 2 aliphatic rings. The average molecular weight is 124 g/mol. The Bertz CT molecular complexity index is 160. The van der Waals surface area contributed by atoms with Gasteiger partial charge in [-0.05, 0) is 26.7 Å². The van der Waals surface area contributed by atoms with Crippen molar-refractivity contribution in [2.24, 2.45) is 16.1 Å². The molecule has 0 radical (unpaired) electrons. The van der Waals surface area contributed by atoms with Crippen LogP contribution in [0.15, 0.2) is 10.2 Å². The molecular formula is C7H12N2. The molecule has 0 aromatic heterocycles. The molecule has 2 rings (SSSR count). The Hall–Kier alpha value is -0.400. The first-order valence-electron chi connectivity index (χ1n) is 3.62. The summed E-state index contributed by atoms with van der Waals surface area (Å²) in [6.45, 7) is 4.36. The van der Waals surface area contributed by atoms with Gasteiger partial charge < -0.3 is 0 Å². The van der Waals surface area contributed by atoms with Crippen molar-refractivity contribution in [1.29, 1.82) is 0 Å². The van der Waals surface area contributed by atoms with Gasteiger partial charge in [-0.1, -0.05) is 0 Å². The molecule has 2 heteroatoms. The molecule has 1 aliphatic carbocycles. The van der Waals surface area contributed by atoms with E-state index in [-0.39, 0.29) is 5.54 Å². The van der Waals surface area contributed by atoms with Gasteiger partial charge in [-0.3, -0.25) is 0 Å². The fraction of sp³-hybridized carbons (Fsp3) is 1.00. The Morgan fingerprint density at radius 2 is 2.11 bits per heavy atom. The third kappa shape index (κ3) is 0.562. The van der Waals surface area contributed by atoms with E-state index in [0.29, 0.717) is 6.04 Å². The summed E-state index contributed by atoms with van der Waals surface area (Å²) in [5.74, 6) is 0.775. The SMILES string of the molecule is CC1(C)N=NC2CCC21. The molecule has 1 saturated carbocycles. The summed E-state index contributed by atoms with van der Waals surface area (Å²) in [7, 11) is 0. The second kappa shape index (κ2) is 1.36. The van der Waals surface area contributed by atoms with Crippen LogP contribution >= 0.6 is 0 Å². The van der Waals surface area contributed by atoms with Crippen LogP contribution in [0.4, 0.5) is 0 Å². The second-order valence-corrected chi connectivity index (χ2v) is 3.62. The fourth-order valence-corrected chi connectivity index (χ4v) is 1.74. The molecule has 0 bridgehead atoms. The van der Waals surface area contributed by atoms with Crippen LogP contribution in [-0.2, 0) is 0 Å². The van der Waals surface area contributed by atoms with Gasteiger partial charge in [0, 0.05) is 5.92 Å². The highest BCUT2D eigenvalue weighted by Crippen LogP contribution is 2.45. The average Bonchev–Trinajstić information content (AvgIpc) is 1.74. The van der Waals surface area contributed by atoms with Gasteiger partial charge in [-0.2, -0.15) is 10.2 Å². The first-order chi connectivity index (χ1) is 4.20. The van der Waals surface area contributed by atoms with Crippen LogP contribution in [0.3, 0.4) is 0 Å².